The molecule has 0 spiro atoms. The lowest BCUT2D eigenvalue weighted by molar-refractivity contribution is 0.0949. The van der Waals surface area contributed by atoms with Crippen LogP contribution in [0.1, 0.15) is 45.5 Å². The molecule has 2 aliphatic rings. The Balaban J connectivity index is 1.50. The van der Waals surface area contributed by atoms with E-state index in [2.05, 4.69) is 70.9 Å². The first-order valence-corrected chi connectivity index (χ1v) is 11.7. The largest absolute Gasteiger partial charge is 0.371 e. The van der Waals surface area contributed by atoms with E-state index in [0.717, 1.165) is 25.9 Å². The van der Waals surface area contributed by atoms with Crippen LogP contribution in [0.25, 0.3) is 17.7 Å². The zero-order valence-corrected chi connectivity index (χ0v) is 18.7. The van der Waals surface area contributed by atoms with Crippen molar-refractivity contribution in [3.63, 3.8) is 0 Å². The Morgan fingerprint density at radius 1 is 0.879 bits per heavy atom. The van der Waals surface area contributed by atoms with Crippen LogP contribution in [0.15, 0.2) is 84.6 Å². The number of nitrogens with zero attached hydrogens (tertiary/aromatic N) is 1. The van der Waals surface area contributed by atoms with E-state index in [4.69, 9.17) is 5.73 Å². The predicted octanol–water partition coefficient (Wildman–Crippen LogP) is 4.78. The highest BCUT2D eigenvalue weighted by molar-refractivity contribution is 5.95. The van der Waals surface area contributed by atoms with Gasteiger partial charge in [-0.2, -0.15) is 0 Å². The van der Waals surface area contributed by atoms with Gasteiger partial charge in [-0.15, -0.1) is 0 Å². The van der Waals surface area contributed by atoms with Crippen LogP contribution in [0, 0.1) is 0 Å². The fourth-order valence-electron chi connectivity index (χ4n) is 4.91. The van der Waals surface area contributed by atoms with E-state index < -0.39 is 0 Å². The Hall–Kier alpha value is -3.63. The lowest BCUT2D eigenvalue weighted by Crippen LogP contribution is -2.44. The van der Waals surface area contributed by atoms with Gasteiger partial charge in [0.2, 0.25) is 0 Å². The second-order valence-electron chi connectivity index (χ2n) is 8.63. The van der Waals surface area contributed by atoms with Crippen molar-refractivity contribution in [3.8, 4) is 0 Å². The normalized spacial score (nSPS) is 17.2. The standard InChI is InChI=1S/C29H29N3O/c30-26-15-8-19-32(20-18-31-29(33)23-11-2-1-3-12-23)28(26)27-24-13-6-4-9-21(24)16-17-22-10-5-7-14-25(22)27/h1-7,9-14,16-17,26H,8,15,18-20,30H2,(H,31,33). The molecular weight excluding hydrogens is 406 g/mol. The average molecular weight is 436 g/mol. The first kappa shape index (κ1) is 21.2. The van der Waals surface area contributed by atoms with Crippen molar-refractivity contribution in [1.82, 2.24) is 10.2 Å². The summed E-state index contributed by atoms with van der Waals surface area (Å²) in [7, 11) is 0. The lowest BCUT2D eigenvalue weighted by Gasteiger charge is -2.38. The van der Waals surface area contributed by atoms with Gasteiger partial charge in [-0.25, -0.2) is 0 Å². The van der Waals surface area contributed by atoms with Gasteiger partial charge in [0.05, 0.1) is 0 Å². The third kappa shape index (κ3) is 4.35. The first-order chi connectivity index (χ1) is 16.2. The summed E-state index contributed by atoms with van der Waals surface area (Å²) in [5, 5.41) is 3.08. The van der Waals surface area contributed by atoms with Crippen molar-refractivity contribution in [2.75, 3.05) is 19.6 Å². The maximum absolute atomic E-state index is 12.5. The molecule has 166 valence electrons. The Labute approximate surface area is 195 Å². The molecule has 3 aromatic carbocycles. The minimum Gasteiger partial charge on any atom is -0.371 e. The summed E-state index contributed by atoms with van der Waals surface area (Å²) < 4.78 is 0. The van der Waals surface area contributed by atoms with E-state index in [1.165, 1.54) is 33.5 Å². The molecular formula is C29H29N3O. The van der Waals surface area contributed by atoms with Crippen LogP contribution in [0.5, 0.6) is 0 Å². The van der Waals surface area contributed by atoms with Gasteiger partial charge in [0.15, 0.2) is 0 Å². The molecule has 1 aliphatic heterocycles. The van der Waals surface area contributed by atoms with Gasteiger partial charge in [-0.3, -0.25) is 4.79 Å². The molecule has 0 aromatic heterocycles. The number of nitrogens with one attached hydrogen (secondary N) is 1. The van der Waals surface area contributed by atoms with E-state index in [-0.39, 0.29) is 11.9 Å². The number of carbonyl (C=O) groups is 1. The number of hydrogen-bond donors (Lipinski definition) is 2. The van der Waals surface area contributed by atoms with E-state index in [1.54, 1.807) is 0 Å². The summed E-state index contributed by atoms with van der Waals surface area (Å²) >= 11 is 0. The Morgan fingerprint density at radius 2 is 1.48 bits per heavy atom. The third-order valence-corrected chi connectivity index (χ3v) is 6.50. The monoisotopic (exact) mass is 435 g/mol. The fourth-order valence-corrected chi connectivity index (χ4v) is 4.91. The van der Waals surface area contributed by atoms with E-state index in [0.29, 0.717) is 12.1 Å². The van der Waals surface area contributed by atoms with Crippen LogP contribution in [-0.4, -0.2) is 36.5 Å². The zero-order valence-electron chi connectivity index (χ0n) is 18.7. The van der Waals surface area contributed by atoms with Crippen molar-refractivity contribution in [3.05, 3.63) is 112 Å². The molecule has 3 N–H and O–H groups in total. The van der Waals surface area contributed by atoms with Gasteiger partial charge in [-0.05, 0) is 47.2 Å². The topological polar surface area (TPSA) is 58.4 Å². The van der Waals surface area contributed by atoms with Crippen molar-refractivity contribution < 1.29 is 4.79 Å². The van der Waals surface area contributed by atoms with Crippen LogP contribution in [0.3, 0.4) is 0 Å². The lowest BCUT2D eigenvalue weighted by atomic mass is 9.87. The Morgan fingerprint density at radius 3 is 2.15 bits per heavy atom. The van der Waals surface area contributed by atoms with Crippen molar-refractivity contribution >= 4 is 23.6 Å². The molecule has 3 aromatic rings. The minimum absolute atomic E-state index is 0.0412. The molecule has 1 atom stereocenters. The molecule has 1 unspecified atom stereocenters. The summed E-state index contributed by atoms with van der Waals surface area (Å²) in [5.41, 5.74) is 14.7. The van der Waals surface area contributed by atoms with E-state index >= 15 is 0 Å². The van der Waals surface area contributed by atoms with Gasteiger partial charge in [-0.1, -0.05) is 78.9 Å². The second kappa shape index (κ2) is 9.47. The SMILES string of the molecule is NC1CCCN(CCNC(=O)c2ccccc2)C1=C1c2ccccc2C=Cc2ccccc21. The van der Waals surface area contributed by atoms with Crippen molar-refractivity contribution in [1.29, 1.82) is 0 Å². The van der Waals surface area contributed by atoms with Crippen molar-refractivity contribution in [2.45, 2.75) is 18.9 Å². The van der Waals surface area contributed by atoms with Crippen molar-refractivity contribution in [2.24, 2.45) is 5.73 Å². The molecule has 1 aliphatic carbocycles. The van der Waals surface area contributed by atoms with Crippen LogP contribution >= 0.6 is 0 Å². The molecule has 1 saturated heterocycles. The van der Waals surface area contributed by atoms with Gasteiger partial charge in [0.1, 0.15) is 0 Å². The summed E-state index contributed by atoms with van der Waals surface area (Å²) in [6.07, 6.45) is 6.40. The molecule has 0 saturated carbocycles. The number of piperidine rings is 1. The molecule has 33 heavy (non-hydrogen) atoms. The molecule has 0 radical (unpaired) electrons. The van der Waals surface area contributed by atoms with Gasteiger partial charge in [0.25, 0.3) is 5.91 Å². The molecule has 1 fully saturated rings. The summed E-state index contributed by atoms with van der Waals surface area (Å²) in [5.74, 6) is -0.0412. The molecule has 5 rings (SSSR count). The molecule has 4 nitrogen and oxygen atoms in total. The van der Waals surface area contributed by atoms with Gasteiger partial charge >= 0.3 is 0 Å². The highest BCUT2D eigenvalue weighted by Crippen LogP contribution is 2.39. The number of nitrogens with two attached hydrogens (primary N) is 1. The summed E-state index contributed by atoms with van der Waals surface area (Å²) in [6.45, 7) is 2.23. The minimum atomic E-state index is -0.0437. The fraction of sp³-hybridized carbons (Fsp3) is 0.207. The first-order valence-electron chi connectivity index (χ1n) is 11.7. The highest BCUT2D eigenvalue weighted by atomic mass is 16.1. The number of likely N-dealkylation sites (tertiary alicyclic amines) is 1. The van der Waals surface area contributed by atoms with Gasteiger partial charge < -0.3 is 16.0 Å². The predicted molar refractivity (Wildman–Crippen MR) is 135 cm³/mol. The van der Waals surface area contributed by atoms with E-state index in [1.807, 2.05) is 30.3 Å². The molecule has 1 heterocycles. The van der Waals surface area contributed by atoms with Gasteiger partial charge in [0, 0.05) is 42.5 Å². The molecule has 0 bridgehead atoms. The Bertz CT molecular complexity index is 1160. The summed E-state index contributed by atoms with van der Waals surface area (Å²) in [6, 6.07) is 26.4. The average Bonchev–Trinajstić information content (AvgIpc) is 3.02. The number of rotatable bonds is 4. The number of benzene rings is 3. The highest BCUT2D eigenvalue weighted by Gasteiger charge is 2.29. The van der Waals surface area contributed by atoms with Crippen LogP contribution in [0.2, 0.25) is 0 Å². The number of amides is 1. The second-order valence-corrected chi connectivity index (χ2v) is 8.63. The van der Waals surface area contributed by atoms with Crippen LogP contribution < -0.4 is 11.1 Å². The van der Waals surface area contributed by atoms with E-state index in [9.17, 15) is 4.79 Å². The number of hydrogen-bond acceptors (Lipinski definition) is 3. The smallest absolute Gasteiger partial charge is 0.251 e. The number of carbonyl (C=O) groups excluding carboxylic acids is 1. The molecule has 1 amide bonds. The quantitative estimate of drug-likeness (QED) is 0.485. The number of fused-ring (bicyclic) bond motifs is 2. The third-order valence-electron chi connectivity index (χ3n) is 6.50. The maximum Gasteiger partial charge on any atom is 0.251 e. The zero-order chi connectivity index (χ0) is 22.6. The summed E-state index contributed by atoms with van der Waals surface area (Å²) in [4.78, 5) is 14.9. The van der Waals surface area contributed by atoms with Crippen LogP contribution in [-0.2, 0) is 0 Å². The maximum atomic E-state index is 12.5. The Kier molecular flexibility index (Phi) is 6.09. The van der Waals surface area contributed by atoms with Crippen LogP contribution in [0.4, 0.5) is 0 Å². The molecule has 4 heteroatoms.